The zero-order chi connectivity index (χ0) is 24.1. The van der Waals surface area contributed by atoms with Crippen molar-refractivity contribution in [2.24, 2.45) is 11.8 Å². The molecule has 0 radical (unpaired) electrons. The minimum Gasteiger partial charge on any atom is -0.481 e. The first kappa shape index (κ1) is 23.8. The lowest BCUT2D eigenvalue weighted by molar-refractivity contribution is -0.141. The quantitative estimate of drug-likeness (QED) is 0.513. The summed E-state index contributed by atoms with van der Waals surface area (Å²) in [6.07, 6.45) is 2.76. The van der Waals surface area contributed by atoms with Crippen LogP contribution in [0, 0.1) is 11.8 Å². The molecule has 0 heterocycles. The molecular formula is C27H32N2O5. The van der Waals surface area contributed by atoms with Crippen LogP contribution >= 0.6 is 0 Å². The number of benzene rings is 2. The highest BCUT2D eigenvalue weighted by Crippen LogP contribution is 2.44. The van der Waals surface area contributed by atoms with Gasteiger partial charge in [0, 0.05) is 24.9 Å². The average molecular weight is 465 g/mol. The molecule has 7 nitrogen and oxygen atoms in total. The van der Waals surface area contributed by atoms with E-state index in [1.54, 1.807) is 6.92 Å². The van der Waals surface area contributed by atoms with Gasteiger partial charge in [0.05, 0.1) is 5.92 Å². The highest BCUT2D eigenvalue weighted by molar-refractivity contribution is 5.79. The average Bonchev–Trinajstić information content (AvgIpc) is 3.39. The molecule has 34 heavy (non-hydrogen) atoms. The van der Waals surface area contributed by atoms with Gasteiger partial charge in [-0.3, -0.25) is 9.59 Å². The molecule has 1 fully saturated rings. The Balaban J connectivity index is 1.23. The summed E-state index contributed by atoms with van der Waals surface area (Å²) < 4.78 is 5.63. The maximum absolute atomic E-state index is 12.5. The van der Waals surface area contributed by atoms with Crippen molar-refractivity contribution in [3.05, 3.63) is 59.7 Å². The van der Waals surface area contributed by atoms with Crippen molar-refractivity contribution in [2.75, 3.05) is 13.2 Å². The second kappa shape index (κ2) is 10.7. The van der Waals surface area contributed by atoms with Gasteiger partial charge < -0.3 is 20.5 Å². The molecule has 7 heteroatoms. The van der Waals surface area contributed by atoms with Crippen LogP contribution in [0.25, 0.3) is 11.1 Å². The third kappa shape index (κ3) is 5.41. The van der Waals surface area contributed by atoms with Crippen molar-refractivity contribution < 1.29 is 24.2 Å². The number of rotatable bonds is 9. The number of nitrogens with one attached hydrogen (secondary N) is 2. The van der Waals surface area contributed by atoms with Crippen molar-refractivity contribution in [3.8, 4) is 11.1 Å². The molecule has 3 N–H and O–H groups in total. The van der Waals surface area contributed by atoms with Crippen LogP contribution < -0.4 is 10.6 Å². The number of amides is 2. The fraction of sp³-hybridized carbons (Fsp3) is 0.444. The Morgan fingerprint density at radius 1 is 1.03 bits per heavy atom. The number of alkyl carbamates (subject to hydrolysis) is 1. The lowest BCUT2D eigenvalue weighted by Gasteiger charge is -2.17. The number of carbonyl (C=O) groups excluding carboxylic acids is 2. The molecular weight excluding hydrogens is 432 g/mol. The number of hydrogen-bond acceptors (Lipinski definition) is 4. The molecule has 2 aliphatic rings. The molecule has 1 saturated carbocycles. The summed E-state index contributed by atoms with van der Waals surface area (Å²) in [5.74, 6) is -1.39. The van der Waals surface area contributed by atoms with Gasteiger partial charge in [-0.05, 0) is 53.9 Å². The monoisotopic (exact) mass is 464 g/mol. The maximum atomic E-state index is 12.5. The standard InChI is InChI=1S/C27H32N2O5/c1-2-18(26(31)32)15-28-25(30)14-17-11-12-19(13-17)29-27(33)34-16-24-22-9-5-3-7-20(22)21-8-4-6-10-23(21)24/h3-10,17-19,24H,2,11-16H2,1H3,(H,28,30)(H,29,33)(H,31,32). The van der Waals surface area contributed by atoms with E-state index in [1.165, 1.54) is 22.3 Å². The minimum atomic E-state index is -0.893. The zero-order valence-electron chi connectivity index (χ0n) is 19.5. The second-order valence-electron chi connectivity index (χ2n) is 9.30. The molecule has 2 amide bonds. The first-order valence-electron chi connectivity index (χ1n) is 12.1. The van der Waals surface area contributed by atoms with Crippen LogP contribution in [-0.4, -0.2) is 42.3 Å². The summed E-state index contributed by atoms with van der Waals surface area (Å²) in [4.78, 5) is 35.8. The molecule has 2 aromatic rings. The molecule has 2 aromatic carbocycles. The largest absolute Gasteiger partial charge is 0.481 e. The predicted molar refractivity (Wildman–Crippen MR) is 128 cm³/mol. The van der Waals surface area contributed by atoms with Crippen molar-refractivity contribution in [1.82, 2.24) is 10.6 Å². The first-order chi connectivity index (χ1) is 16.5. The van der Waals surface area contributed by atoms with Crippen LogP contribution in [0.3, 0.4) is 0 Å². The van der Waals surface area contributed by atoms with Crippen LogP contribution in [0.15, 0.2) is 48.5 Å². The molecule has 180 valence electrons. The molecule has 0 aromatic heterocycles. The lowest BCUT2D eigenvalue weighted by Crippen LogP contribution is -2.35. The predicted octanol–water partition coefficient (Wildman–Crippen LogP) is 4.31. The molecule has 0 aliphatic heterocycles. The number of carbonyl (C=O) groups is 3. The van der Waals surface area contributed by atoms with Crippen LogP contribution in [0.1, 0.15) is 56.1 Å². The van der Waals surface area contributed by atoms with Crippen molar-refractivity contribution >= 4 is 18.0 Å². The van der Waals surface area contributed by atoms with E-state index < -0.39 is 18.0 Å². The van der Waals surface area contributed by atoms with Gasteiger partial charge in [-0.15, -0.1) is 0 Å². The fourth-order valence-electron chi connectivity index (χ4n) is 5.18. The number of fused-ring (bicyclic) bond motifs is 3. The highest BCUT2D eigenvalue weighted by Gasteiger charge is 2.31. The fourth-order valence-corrected chi connectivity index (χ4v) is 5.18. The van der Waals surface area contributed by atoms with Crippen molar-refractivity contribution in [1.29, 1.82) is 0 Å². The zero-order valence-corrected chi connectivity index (χ0v) is 19.5. The Bertz CT molecular complexity index is 1010. The summed E-state index contributed by atoms with van der Waals surface area (Å²) in [6, 6.07) is 16.4. The summed E-state index contributed by atoms with van der Waals surface area (Å²) in [5, 5.41) is 14.8. The number of carboxylic acids is 1. The van der Waals surface area contributed by atoms with Crippen LogP contribution in [0.2, 0.25) is 0 Å². The number of ether oxygens (including phenoxy) is 1. The lowest BCUT2D eigenvalue weighted by atomic mass is 9.98. The van der Waals surface area contributed by atoms with E-state index >= 15 is 0 Å². The Kier molecular flexibility index (Phi) is 7.50. The smallest absolute Gasteiger partial charge is 0.407 e. The molecule has 0 saturated heterocycles. The normalized spacial score (nSPS) is 19.7. The van der Waals surface area contributed by atoms with E-state index in [0.29, 0.717) is 19.3 Å². The molecule has 4 rings (SSSR count). The third-order valence-corrected chi connectivity index (χ3v) is 7.07. The van der Waals surface area contributed by atoms with Crippen LogP contribution in [-0.2, 0) is 14.3 Å². The topological polar surface area (TPSA) is 105 Å². The van der Waals surface area contributed by atoms with Gasteiger partial charge in [0.15, 0.2) is 0 Å². The Hall–Kier alpha value is -3.35. The number of carboxylic acid groups (broad SMARTS) is 1. The van der Waals surface area contributed by atoms with E-state index in [4.69, 9.17) is 9.84 Å². The molecule has 3 atom stereocenters. The summed E-state index contributed by atoms with van der Waals surface area (Å²) in [7, 11) is 0. The Morgan fingerprint density at radius 2 is 1.68 bits per heavy atom. The van der Waals surface area contributed by atoms with E-state index in [2.05, 4.69) is 34.9 Å². The van der Waals surface area contributed by atoms with E-state index in [-0.39, 0.29) is 36.9 Å². The van der Waals surface area contributed by atoms with Gasteiger partial charge in [-0.25, -0.2) is 4.79 Å². The van der Waals surface area contributed by atoms with Crippen LogP contribution in [0.5, 0.6) is 0 Å². The molecule has 3 unspecified atom stereocenters. The minimum absolute atomic E-state index is 0.0177. The van der Waals surface area contributed by atoms with Gasteiger partial charge in [-0.1, -0.05) is 55.5 Å². The van der Waals surface area contributed by atoms with Crippen LogP contribution in [0.4, 0.5) is 4.79 Å². The van der Waals surface area contributed by atoms with Gasteiger partial charge >= 0.3 is 12.1 Å². The Labute approximate surface area is 199 Å². The number of hydrogen-bond donors (Lipinski definition) is 3. The van der Waals surface area contributed by atoms with E-state index in [1.807, 2.05) is 24.3 Å². The first-order valence-corrected chi connectivity index (χ1v) is 12.1. The number of aliphatic carboxylic acids is 1. The van der Waals surface area contributed by atoms with Gasteiger partial charge in [-0.2, -0.15) is 0 Å². The van der Waals surface area contributed by atoms with Gasteiger partial charge in [0.25, 0.3) is 0 Å². The second-order valence-corrected chi connectivity index (χ2v) is 9.30. The molecule has 2 aliphatic carbocycles. The van der Waals surface area contributed by atoms with E-state index in [0.717, 1.165) is 12.8 Å². The van der Waals surface area contributed by atoms with Gasteiger partial charge in [0.1, 0.15) is 6.61 Å². The van der Waals surface area contributed by atoms with Crippen molar-refractivity contribution in [2.45, 2.75) is 51.0 Å². The maximum Gasteiger partial charge on any atom is 0.407 e. The summed E-state index contributed by atoms with van der Waals surface area (Å²) in [6.45, 7) is 2.22. The van der Waals surface area contributed by atoms with Gasteiger partial charge in [0.2, 0.25) is 5.91 Å². The SMILES string of the molecule is CCC(CNC(=O)CC1CCC(NC(=O)OCC2c3ccccc3-c3ccccc32)C1)C(=O)O. The highest BCUT2D eigenvalue weighted by atomic mass is 16.5. The summed E-state index contributed by atoms with van der Waals surface area (Å²) in [5.41, 5.74) is 4.74. The summed E-state index contributed by atoms with van der Waals surface area (Å²) >= 11 is 0. The third-order valence-electron chi connectivity index (χ3n) is 7.07. The molecule has 0 spiro atoms. The van der Waals surface area contributed by atoms with E-state index in [9.17, 15) is 14.4 Å². The Morgan fingerprint density at radius 3 is 2.29 bits per heavy atom. The molecule has 0 bridgehead atoms. The van der Waals surface area contributed by atoms with Crippen molar-refractivity contribution in [3.63, 3.8) is 0 Å².